The van der Waals surface area contributed by atoms with E-state index in [1.54, 1.807) is 6.07 Å². The van der Waals surface area contributed by atoms with Crippen LogP contribution in [0.5, 0.6) is 0 Å². The fourth-order valence-corrected chi connectivity index (χ4v) is 3.42. The van der Waals surface area contributed by atoms with Crippen molar-refractivity contribution < 1.29 is 19.1 Å². The predicted octanol–water partition coefficient (Wildman–Crippen LogP) is 4.34. The molecule has 1 aromatic carbocycles. The van der Waals surface area contributed by atoms with Crippen molar-refractivity contribution in [1.29, 1.82) is 0 Å². The van der Waals surface area contributed by atoms with E-state index in [-0.39, 0.29) is 12.1 Å². The average molecular weight is 372 g/mol. The van der Waals surface area contributed by atoms with Gasteiger partial charge >= 0.3 is 5.97 Å². The van der Waals surface area contributed by atoms with Gasteiger partial charge in [-0.1, -0.05) is 31.7 Å². The van der Waals surface area contributed by atoms with Gasteiger partial charge in [-0.2, -0.15) is 0 Å². The zero-order chi connectivity index (χ0) is 16.2. The van der Waals surface area contributed by atoms with Crippen LogP contribution in [0.15, 0.2) is 22.7 Å². The number of carboxylic acids is 1. The van der Waals surface area contributed by atoms with Crippen LogP contribution in [-0.4, -0.2) is 17.0 Å². The van der Waals surface area contributed by atoms with E-state index in [1.807, 2.05) is 0 Å². The van der Waals surface area contributed by atoms with Crippen molar-refractivity contribution in [2.45, 2.75) is 44.9 Å². The number of carbonyl (C=O) groups excluding carboxylic acids is 1. The second-order valence-electron chi connectivity index (χ2n) is 5.82. The van der Waals surface area contributed by atoms with Crippen molar-refractivity contribution in [3.8, 4) is 0 Å². The minimum atomic E-state index is -1.03. The molecule has 0 bridgehead atoms. The summed E-state index contributed by atoms with van der Waals surface area (Å²) in [4.78, 5) is 23.9. The van der Waals surface area contributed by atoms with E-state index in [4.69, 9.17) is 0 Å². The summed E-state index contributed by atoms with van der Waals surface area (Å²) in [5.41, 5.74) is -0.972. The molecule has 1 amide bonds. The van der Waals surface area contributed by atoms with Crippen molar-refractivity contribution in [1.82, 2.24) is 0 Å². The SMILES string of the molecule is O=C(CC1(C(=O)O)CCCCCC1)Nc1c(F)cccc1Br. The van der Waals surface area contributed by atoms with Gasteiger partial charge in [-0.05, 0) is 40.9 Å². The maximum Gasteiger partial charge on any atom is 0.310 e. The third kappa shape index (κ3) is 3.85. The van der Waals surface area contributed by atoms with Crippen LogP contribution in [-0.2, 0) is 9.59 Å². The Morgan fingerprint density at radius 1 is 1.23 bits per heavy atom. The highest BCUT2D eigenvalue weighted by molar-refractivity contribution is 9.10. The maximum atomic E-state index is 13.7. The van der Waals surface area contributed by atoms with E-state index >= 15 is 0 Å². The van der Waals surface area contributed by atoms with Gasteiger partial charge in [-0.25, -0.2) is 4.39 Å². The summed E-state index contributed by atoms with van der Waals surface area (Å²) in [5, 5.41) is 12.1. The van der Waals surface area contributed by atoms with Gasteiger partial charge in [0.1, 0.15) is 5.82 Å². The van der Waals surface area contributed by atoms with E-state index in [9.17, 15) is 19.1 Å². The third-order valence-corrected chi connectivity index (χ3v) is 4.90. The van der Waals surface area contributed by atoms with E-state index < -0.39 is 23.1 Å². The molecule has 1 aliphatic rings. The minimum absolute atomic E-state index is 0.0571. The largest absolute Gasteiger partial charge is 0.481 e. The van der Waals surface area contributed by atoms with Crippen molar-refractivity contribution in [3.63, 3.8) is 0 Å². The summed E-state index contributed by atoms with van der Waals surface area (Å²) in [6.45, 7) is 0. The van der Waals surface area contributed by atoms with Crippen LogP contribution in [0.4, 0.5) is 10.1 Å². The monoisotopic (exact) mass is 371 g/mol. The van der Waals surface area contributed by atoms with Crippen molar-refractivity contribution in [3.05, 3.63) is 28.5 Å². The Bertz CT molecular complexity index is 548. The van der Waals surface area contributed by atoms with Crippen LogP contribution >= 0.6 is 15.9 Å². The number of carbonyl (C=O) groups is 2. The quantitative estimate of drug-likeness (QED) is 0.773. The first-order valence-corrected chi connectivity index (χ1v) is 8.21. The topological polar surface area (TPSA) is 66.4 Å². The second kappa shape index (κ2) is 7.22. The lowest BCUT2D eigenvalue weighted by Crippen LogP contribution is -2.35. The van der Waals surface area contributed by atoms with Gasteiger partial charge in [0.15, 0.2) is 0 Å². The molecule has 1 saturated carbocycles. The molecule has 1 aliphatic carbocycles. The van der Waals surface area contributed by atoms with E-state index in [0.717, 1.165) is 25.7 Å². The second-order valence-corrected chi connectivity index (χ2v) is 6.68. The van der Waals surface area contributed by atoms with Gasteiger partial charge in [0.2, 0.25) is 5.91 Å². The highest BCUT2D eigenvalue weighted by atomic mass is 79.9. The molecule has 6 heteroatoms. The molecule has 0 radical (unpaired) electrons. The fraction of sp³-hybridized carbons (Fsp3) is 0.500. The molecule has 1 fully saturated rings. The number of amides is 1. The Hall–Kier alpha value is -1.43. The molecule has 0 aliphatic heterocycles. The molecule has 4 nitrogen and oxygen atoms in total. The Morgan fingerprint density at radius 2 is 1.86 bits per heavy atom. The first-order valence-electron chi connectivity index (χ1n) is 7.42. The lowest BCUT2D eigenvalue weighted by Gasteiger charge is -2.27. The number of anilines is 1. The number of nitrogens with one attached hydrogen (secondary N) is 1. The molecule has 0 spiro atoms. The van der Waals surface area contributed by atoms with Crippen molar-refractivity contribution in [2.75, 3.05) is 5.32 Å². The summed E-state index contributed by atoms with van der Waals surface area (Å²) < 4.78 is 14.2. The molecular weight excluding hydrogens is 353 g/mol. The van der Waals surface area contributed by atoms with Crippen LogP contribution in [0, 0.1) is 11.2 Å². The summed E-state index contributed by atoms with van der Waals surface area (Å²) >= 11 is 3.18. The molecule has 0 saturated heterocycles. The fourth-order valence-electron chi connectivity index (χ4n) is 2.98. The lowest BCUT2D eigenvalue weighted by molar-refractivity contribution is -0.152. The van der Waals surface area contributed by atoms with Crippen molar-refractivity contribution >= 4 is 33.5 Å². The van der Waals surface area contributed by atoms with Crippen LogP contribution in [0.2, 0.25) is 0 Å². The Kier molecular flexibility index (Phi) is 5.56. The standard InChI is InChI=1S/C16H19BrFNO3/c17-11-6-5-7-12(18)14(11)19-13(20)10-16(15(21)22)8-3-1-2-4-9-16/h5-7H,1-4,8-10H2,(H,19,20)(H,21,22). The normalized spacial score (nSPS) is 17.5. The Balaban J connectivity index is 2.13. The highest BCUT2D eigenvalue weighted by Crippen LogP contribution is 2.39. The number of aliphatic carboxylic acids is 1. The number of halogens is 2. The zero-order valence-corrected chi connectivity index (χ0v) is 13.8. The molecule has 0 aromatic heterocycles. The molecule has 120 valence electrons. The van der Waals surface area contributed by atoms with Crippen LogP contribution in [0.1, 0.15) is 44.9 Å². The lowest BCUT2D eigenvalue weighted by atomic mass is 9.77. The molecule has 2 rings (SSSR count). The van der Waals surface area contributed by atoms with Crippen LogP contribution < -0.4 is 5.32 Å². The third-order valence-electron chi connectivity index (χ3n) is 4.24. The van der Waals surface area contributed by atoms with Gasteiger partial charge in [-0.3, -0.25) is 9.59 Å². The number of rotatable bonds is 4. The van der Waals surface area contributed by atoms with Gasteiger partial charge in [0, 0.05) is 10.9 Å². The van der Waals surface area contributed by atoms with Gasteiger partial charge in [0.05, 0.1) is 11.1 Å². The summed E-state index contributed by atoms with van der Waals surface area (Å²) in [5.74, 6) is -1.94. The number of benzene rings is 1. The predicted molar refractivity (Wildman–Crippen MR) is 85.1 cm³/mol. The Labute approximate surface area is 137 Å². The molecule has 22 heavy (non-hydrogen) atoms. The highest BCUT2D eigenvalue weighted by Gasteiger charge is 2.40. The molecule has 0 unspecified atom stereocenters. The maximum absolute atomic E-state index is 13.7. The minimum Gasteiger partial charge on any atom is -0.481 e. The number of hydrogen-bond donors (Lipinski definition) is 2. The molecule has 2 N–H and O–H groups in total. The number of para-hydroxylation sites is 1. The van der Waals surface area contributed by atoms with E-state index in [2.05, 4.69) is 21.2 Å². The zero-order valence-electron chi connectivity index (χ0n) is 12.2. The molecule has 0 heterocycles. The van der Waals surface area contributed by atoms with Gasteiger partial charge in [0.25, 0.3) is 0 Å². The van der Waals surface area contributed by atoms with Gasteiger partial charge < -0.3 is 10.4 Å². The smallest absolute Gasteiger partial charge is 0.310 e. The number of carboxylic acid groups (broad SMARTS) is 1. The molecule has 0 atom stereocenters. The van der Waals surface area contributed by atoms with E-state index in [1.165, 1.54) is 12.1 Å². The number of hydrogen-bond acceptors (Lipinski definition) is 2. The first-order chi connectivity index (χ1) is 10.4. The summed E-state index contributed by atoms with van der Waals surface area (Å²) in [7, 11) is 0. The van der Waals surface area contributed by atoms with Crippen LogP contribution in [0.3, 0.4) is 0 Å². The van der Waals surface area contributed by atoms with Crippen LogP contribution in [0.25, 0.3) is 0 Å². The molecular formula is C16H19BrFNO3. The Morgan fingerprint density at radius 3 is 2.41 bits per heavy atom. The summed E-state index contributed by atoms with van der Waals surface area (Å²) in [6, 6.07) is 4.40. The van der Waals surface area contributed by atoms with Crippen molar-refractivity contribution in [2.24, 2.45) is 5.41 Å². The first kappa shape index (κ1) is 16.9. The average Bonchev–Trinajstić information content (AvgIpc) is 2.69. The van der Waals surface area contributed by atoms with Gasteiger partial charge in [-0.15, -0.1) is 0 Å². The summed E-state index contributed by atoms with van der Waals surface area (Å²) in [6.07, 6.45) is 4.47. The molecule has 1 aromatic rings. The van der Waals surface area contributed by atoms with E-state index in [0.29, 0.717) is 17.3 Å².